The van der Waals surface area contributed by atoms with E-state index in [4.69, 9.17) is 0 Å². The Hall–Kier alpha value is -1.95. The summed E-state index contributed by atoms with van der Waals surface area (Å²) in [6.07, 6.45) is -1.56. The van der Waals surface area contributed by atoms with Crippen molar-refractivity contribution >= 4 is 11.8 Å². The Balaban J connectivity index is 2.32. The lowest BCUT2D eigenvalue weighted by molar-refractivity contribution is -0.144. The van der Waals surface area contributed by atoms with Gasteiger partial charge in [-0.15, -0.1) is 0 Å². The number of ether oxygens (including phenoxy) is 1. The van der Waals surface area contributed by atoms with E-state index in [-0.39, 0.29) is 12.2 Å². The number of hydrogen-bond acceptors (Lipinski definition) is 5. The molecule has 1 fully saturated rings. The quantitative estimate of drug-likeness (QED) is 0.571. The molecule has 1 aromatic carbocycles. The number of aromatic hydroxyl groups is 1. The van der Waals surface area contributed by atoms with Gasteiger partial charge < -0.3 is 14.9 Å². The maximum atomic E-state index is 13.0. The van der Waals surface area contributed by atoms with Gasteiger partial charge in [-0.1, -0.05) is 6.07 Å². The zero-order valence-corrected chi connectivity index (χ0v) is 8.59. The number of phenols is 1. The number of benzene rings is 1. The van der Waals surface area contributed by atoms with Gasteiger partial charge in [-0.2, -0.15) is 0 Å². The molecule has 0 spiro atoms. The first-order chi connectivity index (χ1) is 8.02. The van der Waals surface area contributed by atoms with Gasteiger partial charge >= 0.3 is 5.97 Å². The largest absolute Gasteiger partial charge is 0.504 e. The highest BCUT2D eigenvalue weighted by Gasteiger charge is 2.41. The fourth-order valence-electron chi connectivity index (χ4n) is 1.65. The second-order valence-electron chi connectivity index (χ2n) is 3.68. The van der Waals surface area contributed by atoms with Crippen molar-refractivity contribution in [2.45, 2.75) is 6.10 Å². The number of esters is 1. The molecule has 1 heterocycles. The lowest BCUT2D eigenvalue weighted by atomic mass is 9.94. The minimum absolute atomic E-state index is 0.269. The number of cyclic esters (lactones) is 1. The van der Waals surface area contributed by atoms with Crippen LogP contribution in [0.15, 0.2) is 18.2 Å². The summed E-state index contributed by atoms with van der Waals surface area (Å²) < 4.78 is 17.5. The lowest BCUT2D eigenvalue weighted by Crippen LogP contribution is -2.28. The molecule has 0 aromatic heterocycles. The number of Topliss-reactive ketones (excluding diaryl/α,β-unsaturated/α-hetero) is 1. The Kier molecular flexibility index (Phi) is 2.81. The summed E-state index contributed by atoms with van der Waals surface area (Å²) in [5, 5.41) is 18.8. The Morgan fingerprint density at radius 1 is 1.47 bits per heavy atom. The normalized spacial score (nSPS) is 23.5. The van der Waals surface area contributed by atoms with Crippen LogP contribution >= 0.6 is 0 Å². The zero-order valence-electron chi connectivity index (χ0n) is 8.59. The standard InChI is InChI=1S/C11H9FO5/c12-7-3-1-2-5(9(7)14)8(13)6-4-17-11(16)10(6)15/h1-3,6,10,14-15H,4H2. The Morgan fingerprint density at radius 2 is 2.18 bits per heavy atom. The number of rotatable bonds is 2. The molecule has 1 aromatic rings. The minimum atomic E-state index is -1.56. The molecule has 90 valence electrons. The average Bonchev–Trinajstić information content (AvgIpc) is 2.63. The number of carbonyl (C=O) groups is 2. The summed E-state index contributed by atoms with van der Waals surface area (Å²) >= 11 is 0. The summed E-state index contributed by atoms with van der Waals surface area (Å²) in [6.45, 7) is -0.269. The molecule has 2 rings (SSSR count). The van der Waals surface area contributed by atoms with Crippen molar-refractivity contribution in [1.29, 1.82) is 0 Å². The highest BCUT2D eigenvalue weighted by molar-refractivity contribution is 6.03. The van der Waals surface area contributed by atoms with Gasteiger partial charge in [0.15, 0.2) is 23.5 Å². The SMILES string of the molecule is O=C1OCC(C(=O)c2cccc(F)c2O)C1O. The predicted molar refractivity (Wildman–Crippen MR) is 52.9 cm³/mol. The summed E-state index contributed by atoms with van der Waals surface area (Å²) in [4.78, 5) is 22.8. The highest BCUT2D eigenvalue weighted by atomic mass is 19.1. The topological polar surface area (TPSA) is 83.8 Å². The molecular formula is C11H9FO5. The minimum Gasteiger partial charge on any atom is -0.504 e. The van der Waals surface area contributed by atoms with Crippen LogP contribution in [0.1, 0.15) is 10.4 Å². The molecule has 1 aliphatic rings. The molecule has 2 unspecified atom stereocenters. The molecule has 6 heteroatoms. The molecule has 1 aliphatic heterocycles. The van der Waals surface area contributed by atoms with Crippen molar-refractivity contribution in [2.75, 3.05) is 6.61 Å². The molecule has 5 nitrogen and oxygen atoms in total. The molecule has 0 saturated carbocycles. The van der Waals surface area contributed by atoms with Crippen LogP contribution < -0.4 is 0 Å². The number of halogens is 1. The van der Waals surface area contributed by atoms with E-state index in [0.717, 1.165) is 6.07 Å². The Morgan fingerprint density at radius 3 is 2.76 bits per heavy atom. The van der Waals surface area contributed by atoms with E-state index in [1.54, 1.807) is 0 Å². The predicted octanol–water partition coefficient (Wildman–Crippen LogP) is 0.248. The maximum absolute atomic E-state index is 13.0. The molecule has 1 saturated heterocycles. The molecule has 0 amide bonds. The van der Waals surface area contributed by atoms with Crippen LogP contribution in [0.2, 0.25) is 0 Å². The average molecular weight is 240 g/mol. The number of hydrogen-bond donors (Lipinski definition) is 2. The van der Waals surface area contributed by atoms with E-state index in [9.17, 15) is 24.2 Å². The van der Waals surface area contributed by atoms with E-state index in [0.29, 0.717) is 0 Å². The first kappa shape index (κ1) is 11.5. The van der Waals surface area contributed by atoms with Crippen LogP contribution in [0.4, 0.5) is 4.39 Å². The third-order valence-corrected chi connectivity index (χ3v) is 2.62. The van der Waals surface area contributed by atoms with Gasteiger partial charge in [-0.05, 0) is 12.1 Å². The number of para-hydroxylation sites is 1. The van der Waals surface area contributed by atoms with Crippen molar-refractivity contribution < 1.29 is 28.9 Å². The number of phenolic OH excluding ortho intramolecular Hbond substituents is 1. The van der Waals surface area contributed by atoms with Gasteiger partial charge in [0.2, 0.25) is 0 Å². The first-order valence-corrected chi connectivity index (χ1v) is 4.88. The van der Waals surface area contributed by atoms with Crippen LogP contribution in [-0.2, 0) is 9.53 Å². The number of aliphatic hydroxyl groups excluding tert-OH is 1. The van der Waals surface area contributed by atoms with Crippen LogP contribution in [0.25, 0.3) is 0 Å². The van der Waals surface area contributed by atoms with Crippen LogP contribution in [0, 0.1) is 11.7 Å². The van der Waals surface area contributed by atoms with Crippen molar-refractivity contribution in [3.8, 4) is 5.75 Å². The molecule has 17 heavy (non-hydrogen) atoms. The molecule has 2 N–H and O–H groups in total. The summed E-state index contributed by atoms with van der Waals surface area (Å²) in [5.74, 6) is -4.44. The molecule has 0 radical (unpaired) electrons. The third kappa shape index (κ3) is 1.87. The fourth-order valence-corrected chi connectivity index (χ4v) is 1.65. The van der Waals surface area contributed by atoms with Gasteiger partial charge in [0.05, 0.1) is 11.5 Å². The van der Waals surface area contributed by atoms with Crippen LogP contribution in [0.3, 0.4) is 0 Å². The maximum Gasteiger partial charge on any atom is 0.335 e. The van der Waals surface area contributed by atoms with Crippen molar-refractivity contribution in [1.82, 2.24) is 0 Å². The van der Waals surface area contributed by atoms with Gasteiger partial charge in [0.1, 0.15) is 6.61 Å². The van der Waals surface area contributed by atoms with Crippen molar-refractivity contribution in [2.24, 2.45) is 5.92 Å². The second kappa shape index (κ2) is 4.14. The monoisotopic (exact) mass is 240 g/mol. The van der Waals surface area contributed by atoms with E-state index >= 15 is 0 Å². The Bertz CT molecular complexity index is 485. The third-order valence-electron chi connectivity index (χ3n) is 2.62. The molecule has 2 atom stereocenters. The second-order valence-corrected chi connectivity index (χ2v) is 3.68. The van der Waals surface area contributed by atoms with Gasteiger partial charge in [0.25, 0.3) is 0 Å². The number of ketones is 1. The summed E-state index contributed by atoms with van der Waals surface area (Å²) in [5.41, 5.74) is -0.271. The summed E-state index contributed by atoms with van der Waals surface area (Å²) in [7, 11) is 0. The van der Waals surface area contributed by atoms with Gasteiger partial charge in [-0.3, -0.25) is 4.79 Å². The van der Waals surface area contributed by atoms with Gasteiger partial charge in [0, 0.05) is 0 Å². The van der Waals surface area contributed by atoms with Crippen molar-refractivity contribution in [3.63, 3.8) is 0 Å². The van der Waals surface area contributed by atoms with Gasteiger partial charge in [-0.25, -0.2) is 9.18 Å². The van der Waals surface area contributed by atoms with E-state index in [1.807, 2.05) is 0 Å². The fraction of sp³-hybridized carbons (Fsp3) is 0.273. The van der Waals surface area contributed by atoms with E-state index in [1.165, 1.54) is 12.1 Å². The summed E-state index contributed by atoms with van der Waals surface area (Å²) in [6, 6.07) is 3.47. The first-order valence-electron chi connectivity index (χ1n) is 4.88. The van der Waals surface area contributed by atoms with Crippen molar-refractivity contribution in [3.05, 3.63) is 29.6 Å². The highest BCUT2D eigenvalue weighted by Crippen LogP contribution is 2.27. The molecule has 0 aliphatic carbocycles. The zero-order chi connectivity index (χ0) is 12.6. The van der Waals surface area contributed by atoms with E-state index in [2.05, 4.69) is 4.74 Å². The number of aliphatic hydroxyl groups is 1. The van der Waals surface area contributed by atoms with Crippen LogP contribution in [-0.4, -0.2) is 34.7 Å². The molecule has 0 bridgehead atoms. The molecular weight excluding hydrogens is 231 g/mol. The van der Waals surface area contributed by atoms with E-state index < -0.39 is 35.3 Å². The number of carbonyl (C=O) groups excluding carboxylic acids is 2. The van der Waals surface area contributed by atoms with Crippen LogP contribution in [0.5, 0.6) is 5.75 Å². The smallest absolute Gasteiger partial charge is 0.335 e. The lowest BCUT2D eigenvalue weighted by Gasteiger charge is -2.10. The Labute approximate surface area is 95.4 Å².